The van der Waals surface area contributed by atoms with Gasteiger partial charge < -0.3 is 8.94 Å². The second-order valence-electron chi connectivity index (χ2n) is 6.05. The average molecular weight is 399 g/mol. The molecule has 0 bridgehead atoms. The zero-order chi connectivity index (χ0) is 19.6. The third-order valence-electron chi connectivity index (χ3n) is 3.91. The number of rotatable bonds is 6. The van der Waals surface area contributed by atoms with Crippen LogP contribution >= 0.6 is 0 Å². The van der Waals surface area contributed by atoms with E-state index in [1.807, 2.05) is 0 Å². The van der Waals surface area contributed by atoms with Crippen LogP contribution in [0.2, 0.25) is 0 Å². The van der Waals surface area contributed by atoms with Crippen molar-refractivity contribution in [2.75, 3.05) is 0 Å². The number of hydrogen-bond donors (Lipinski definition) is 0. The van der Waals surface area contributed by atoms with Gasteiger partial charge in [0.2, 0.25) is 5.82 Å². The third-order valence-corrected chi connectivity index (χ3v) is 5.39. The molecule has 9 heteroatoms. The minimum atomic E-state index is -3.63. The van der Waals surface area contributed by atoms with Crippen molar-refractivity contribution in [3.05, 3.63) is 78.1 Å². The van der Waals surface area contributed by atoms with Gasteiger partial charge in [0.05, 0.1) is 5.75 Å². The maximum absolute atomic E-state index is 13.7. The number of nitrogens with zero attached hydrogens (tertiary/aromatic N) is 3. The molecule has 0 spiro atoms. The van der Waals surface area contributed by atoms with Gasteiger partial charge in [-0.05, 0) is 30.3 Å². The van der Waals surface area contributed by atoms with Crippen LogP contribution in [0.1, 0.15) is 11.3 Å². The molecular formula is C19H14FN3O4S. The maximum Gasteiger partial charge on any atom is 0.293 e. The van der Waals surface area contributed by atoms with Gasteiger partial charge in [-0.25, -0.2) is 12.8 Å². The van der Waals surface area contributed by atoms with Gasteiger partial charge in [0.15, 0.2) is 15.6 Å². The standard InChI is InChI=1S/C19H14FN3O4S/c20-16-6-2-1-4-14(16)11-28(24,25)12-15-7-8-17(26-15)19-22-18(23-27-19)13-5-3-9-21-10-13/h1-10H,11-12H2. The quantitative estimate of drug-likeness (QED) is 0.488. The third kappa shape index (κ3) is 3.99. The number of furan rings is 1. The molecule has 0 unspecified atom stereocenters. The SMILES string of the molecule is O=S(=O)(Cc1ccc(-c2nc(-c3cccnc3)no2)o1)Cc1ccccc1F. The van der Waals surface area contributed by atoms with Crippen molar-refractivity contribution in [2.45, 2.75) is 11.5 Å². The first-order chi connectivity index (χ1) is 13.5. The molecule has 0 radical (unpaired) electrons. The number of hydrogen-bond acceptors (Lipinski definition) is 7. The lowest BCUT2D eigenvalue weighted by Crippen LogP contribution is -2.08. The molecule has 28 heavy (non-hydrogen) atoms. The summed E-state index contributed by atoms with van der Waals surface area (Å²) in [6, 6.07) is 12.4. The van der Waals surface area contributed by atoms with Crippen LogP contribution in [0, 0.1) is 5.82 Å². The first kappa shape index (κ1) is 18.1. The van der Waals surface area contributed by atoms with Crippen LogP contribution in [0.15, 0.2) is 69.9 Å². The summed E-state index contributed by atoms with van der Waals surface area (Å²) in [5.41, 5.74) is 0.795. The predicted molar refractivity (Wildman–Crippen MR) is 98.0 cm³/mol. The molecule has 3 aromatic heterocycles. The summed E-state index contributed by atoms with van der Waals surface area (Å²) in [7, 11) is -3.63. The van der Waals surface area contributed by atoms with Crippen LogP contribution in [-0.4, -0.2) is 23.5 Å². The summed E-state index contributed by atoms with van der Waals surface area (Å²) < 4.78 is 49.2. The lowest BCUT2D eigenvalue weighted by Gasteiger charge is -2.04. The van der Waals surface area contributed by atoms with Crippen molar-refractivity contribution in [3.63, 3.8) is 0 Å². The Morgan fingerprint density at radius 1 is 1.00 bits per heavy atom. The molecule has 142 valence electrons. The van der Waals surface area contributed by atoms with E-state index in [1.54, 1.807) is 36.7 Å². The first-order valence-corrected chi connectivity index (χ1v) is 10.1. The predicted octanol–water partition coefficient (Wildman–Crippen LogP) is 3.65. The van der Waals surface area contributed by atoms with Crippen LogP contribution in [0.25, 0.3) is 23.0 Å². The van der Waals surface area contributed by atoms with E-state index in [4.69, 9.17) is 8.94 Å². The van der Waals surface area contributed by atoms with Crippen molar-refractivity contribution >= 4 is 9.84 Å². The Morgan fingerprint density at radius 2 is 1.86 bits per heavy atom. The number of sulfone groups is 1. The van der Waals surface area contributed by atoms with Gasteiger partial charge >= 0.3 is 0 Å². The molecule has 1 aromatic carbocycles. The van der Waals surface area contributed by atoms with Gasteiger partial charge in [0, 0.05) is 23.5 Å². The largest absolute Gasteiger partial charge is 0.455 e. The number of halogens is 1. The minimum absolute atomic E-state index is 0.118. The molecule has 4 rings (SSSR count). The highest BCUT2D eigenvalue weighted by Gasteiger charge is 2.20. The maximum atomic E-state index is 13.7. The summed E-state index contributed by atoms with van der Waals surface area (Å²) in [5, 5.41) is 3.87. The van der Waals surface area contributed by atoms with E-state index in [0.717, 1.165) is 0 Å². The fourth-order valence-corrected chi connectivity index (χ4v) is 4.03. The van der Waals surface area contributed by atoms with Crippen molar-refractivity contribution in [1.29, 1.82) is 0 Å². The second-order valence-corrected chi connectivity index (χ2v) is 8.12. The first-order valence-electron chi connectivity index (χ1n) is 8.27. The molecule has 0 aliphatic heterocycles. The van der Waals surface area contributed by atoms with Crippen molar-refractivity contribution in [1.82, 2.24) is 15.1 Å². The van der Waals surface area contributed by atoms with E-state index in [9.17, 15) is 12.8 Å². The van der Waals surface area contributed by atoms with Crippen LogP contribution < -0.4 is 0 Å². The summed E-state index contributed by atoms with van der Waals surface area (Å²) in [4.78, 5) is 8.22. The van der Waals surface area contributed by atoms with Crippen LogP contribution in [-0.2, 0) is 21.3 Å². The molecule has 0 saturated heterocycles. The molecule has 0 aliphatic carbocycles. The van der Waals surface area contributed by atoms with Gasteiger partial charge in [-0.3, -0.25) is 4.98 Å². The number of benzene rings is 1. The minimum Gasteiger partial charge on any atom is -0.455 e. The van der Waals surface area contributed by atoms with Crippen LogP contribution in [0.4, 0.5) is 4.39 Å². The van der Waals surface area contributed by atoms with E-state index in [1.165, 1.54) is 24.3 Å². The smallest absolute Gasteiger partial charge is 0.293 e. The Morgan fingerprint density at radius 3 is 2.64 bits per heavy atom. The Labute approximate surface area is 159 Å². The van der Waals surface area contributed by atoms with Crippen molar-refractivity contribution in [2.24, 2.45) is 0 Å². The monoisotopic (exact) mass is 399 g/mol. The highest BCUT2D eigenvalue weighted by Crippen LogP contribution is 2.25. The molecule has 7 nitrogen and oxygen atoms in total. The topological polar surface area (TPSA) is 99.1 Å². The molecule has 3 heterocycles. The Bertz CT molecular complexity index is 1200. The lowest BCUT2D eigenvalue weighted by molar-refractivity contribution is 0.413. The molecule has 0 amide bonds. The molecule has 4 aromatic rings. The summed E-state index contributed by atoms with van der Waals surface area (Å²) in [5.74, 6) is -0.428. The van der Waals surface area contributed by atoms with Gasteiger partial charge in [-0.15, -0.1) is 0 Å². The zero-order valence-corrected chi connectivity index (χ0v) is 15.3. The van der Waals surface area contributed by atoms with E-state index >= 15 is 0 Å². The van der Waals surface area contributed by atoms with Gasteiger partial charge in [0.1, 0.15) is 17.3 Å². The summed E-state index contributed by atoms with van der Waals surface area (Å²) in [6.07, 6.45) is 3.22. The van der Waals surface area contributed by atoms with E-state index in [2.05, 4.69) is 15.1 Å². The highest BCUT2D eigenvalue weighted by molar-refractivity contribution is 7.89. The average Bonchev–Trinajstić information content (AvgIpc) is 3.33. The van der Waals surface area contributed by atoms with E-state index in [-0.39, 0.29) is 28.7 Å². The Hall–Kier alpha value is -3.33. The number of pyridine rings is 1. The van der Waals surface area contributed by atoms with Crippen LogP contribution in [0.3, 0.4) is 0 Å². The Balaban J connectivity index is 1.50. The molecule has 0 fully saturated rings. The van der Waals surface area contributed by atoms with Gasteiger partial charge in [0.25, 0.3) is 5.89 Å². The van der Waals surface area contributed by atoms with Gasteiger partial charge in [-0.2, -0.15) is 4.98 Å². The molecule has 0 atom stereocenters. The van der Waals surface area contributed by atoms with E-state index < -0.39 is 21.4 Å². The lowest BCUT2D eigenvalue weighted by atomic mass is 10.2. The Kier molecular flexibility index (Phi) is 4.74. The number of aromatic nitrogens is 3. The molecule has 0 aliphatic rings. The summed E-state index contributed by atoms with van der Waals surface area (Å²) in [6.45, 7) is 0. The fraction of sp³-hybridized carbons (Fsp3) is 0.105. The van der Waals surface area contributed by atoms with Crippen molar-refractivity contribution in [3.8, 4) is 23.0 Å². The fourth-order valence-electron chi connectivity index (χ4n) is 2.63. The molecular weight excluding hydrogens is 385 g/mol. The van der Waals surface area contributed by atoms with Gasteiger partial charge in [-0.1, -0.05) is 23.4 Å². The summed E-state index contributed by atoms with van der Waals surface area (Å²) >= 11 is 0. The molecule has 0 saturated carbocycles. The zero-order valence-electron chi connectivity index (χ0n) is 14.4. The second kappa shape index (κ2) is 7.35. The highest BCUT2D eigenvalue weighted by atomic mass is 32.2. The van der Waals surface area contributed by atoms with Crippen LogP contribution in [0.5, 0.6) is 0 Å². The van der Waals surface area contributed by atoms with E-state index in [0.29, 0.717) is 11.4 Å². The van der Waals surface area contributed by atoms with Crippen molar-refractivity contribution < 1.29 is 21.7 Å². The normalized spacial score (nSPS) is 11.6. The molecule has 0 N–H and O–H groups in total.